The lowest BCUT2D eigenvalue weighted by molar-refractivity contribution is -0.121. The summed E-state index contributed by atoms with van der Waals surface area (Å²) in [6.45, 7) is 9.75. The summed E-state index contributed by atoms with van der Waals surface area (Å²) in [7, 11) is 0. The number of hydrogen-bond acceptors (Lipinski definition) is 1. The van der Waals surface area contributed by atoms with Gasteiger partial charge in [0.15, 0.2) is 0 Å². The number of carbonyl (C=O) groups excluding carboxylic acids is 1. The van der Waals surface area contributed by atoms with Gasteiger partial charge in [-0.25, -0.2) is 0 Å². The van der Waals surface area contributed by atoms with Gasteiger partial charge in [0, 0.05) is 13.0 Å². The van der Waals surface area contributed by atoms with E-state index < -0.39 is 0 Å². The maximum Gasteiger partial charge on any atom is 0.220 e. The van der Waals surface area contributed by atoms with E-state index >= 15 is 0 Å². The minimum Gasteiger partial charge on any atom is -0.356 e. The van der Waals surface area contributed by atoms with Crippen molar-refractivity contribution in [2.24, 2.45) is 11.8 Å². The van der Waals surface area contributed by atoms with E-state index in [9.17, 15) is 4.79 Å². The van der Waals surface area contributed by atoms with Gasteiger partial charge in [0.1, 0.15) is 0 Å². The van der Waals surface area contributed by atoms with Gasteiger partial charge in [-0.1, -0.05) is 59.8 Å². The fraction of sp³-hybridized carbons (Fsp3) is 0.938. The van der Waals surface area contributed by atoms with E-state index in [1.165, 1.54) is 32.1 Å². The zero-order chi connectivity index (χ0) is 13.8. The van der Waals surface area contributed by atoms with E-state index in [2.05, 4.69) is 33.0 Å². The molecule has 0 radical (unpaired) electrons. The Hall–Kier alpha value is -0.530. The molecular weight excluding hydrogens is 222 g/mol. The third-order valence-electron chi connectivity index (χ3n) is 3.23. The Balaban J connectivity index is 3.17. The fourth-order valence-electron chi connectivity index (χ4n) is 1.94. The summed E-state index contributed by atoms with van der Waals surface area (Å²) in [6, 6.07) is 0. The molecule has 0 atom stereocenters. The molecule has 1 N–H and O–H groups in total. The molecule has 2 heteroatoms. The highest BCUT2D eigenvalue weighted by Crippen LogP contribution is 2.10. The number of unbranched alkanes of at least 4 members (excludes halogenated alkanes) is 4. The number of hydrogen-bond donors (Lipinski definition) is 1. The molecule has 0 fully saturated rings. The van der Waals surface area contributed by atoms with Crippen LogP contribution in [0.3, 0.4) is 0 Å². The van der Waals surface area contributed by atoms with Crippen molar-refractivity contribution in [3.8, 4) is 0 Å². The van der Waals surface area contributed by atoms with Crippen LogP contribution in [-0.2, 0) is 4.79 Å². The van der Waals surface area contributed by atoms with Gasteiger partial charge < -0.3 is 5.32 Å². The van der Waals surface area contributed by atoms with E-state index in [-0.39, 0.29) is 5.91 Å². The van der Waals surface area contributed by atoms with E-state index in [0.717, 1.165) is 25.3 Å². The minimum absolute atomic E-state index is 0.225. The zero-order valence-corrected chi connectivity index (χ0v) is 12.9. The minimum atomic E-state index is 0.225. The number of rotatable bonds is 11. The van der Waals surface area contributed by atoms with Crippen LogP contribution >= 0.6 is 0 Å². The first-order valence-corrected chi connectivity index (χ1v) is 7.79. The molecule has 0 rings (SSSR count). The van der Waals surface area contributed by atoms with E-state index in [0.29, 0.717) is 12.3 Å². The standard InChI is InChI=1S/C16H33NO/c1-14(2)10-8-6-5-7-9-13-17-16(18)12-11-15(3)4/h14-15H,5-13H2,1-4H3,(H,17,18). The third-order valence-corrected chi connectivity index (χ3v) is 3.23. The Kier molecular flexibility index (Phi) is 11.2. The first kappa shape index (κ1) is 17.5. The van der Waals surface area contributed by atoms with Crippen molar-refractivity contribution in [2.45, 2.75) is 79.1 Å². The van der Waals surface area contributed by atoms with E-state index in [1.54, 1.807) is 0 Å². The summed E-state index contributed by atoms with van der Waals surface area (Å²) >= 11 is 0. The fourth-order valence-corrected chi connectivity index (χ4v) is 1.94. The molecule has 0 aliphatic heterocycles. The van der Waals surface area contributed by atoms with Crippen LogP contribution in [0.1, 0.15) is 79.1 Å². The van der Waals surface area contributed by atoms with Crippen LogP contribution in [-0.4, -0.2) is 12.5 Å². The quantitative estimate of drug-likeness (QED) is 0.540. The Morgan fingerprint density at radius 1 is 0.833 bits per heavy atom. The van der Waals surface area contributed by atoms with Crippen molar-refractivity contribution in [1.82, 2.24) is 5.32 Å². The monoisotopic (exact) mass is 255 g/mol. The van der Waals surface area contributed by atoms with Crippen LogP contribution in [0.2, 0.25) is 0 Å². The lowest BCUT2D eigenvalue weighted by Gasteiger charge is -2.07. The van der Waals surface area contributed by atoms with Crippen LogP contribution in [0.25, 0.3) is 0 Å². The van der Waals surface area contributed by atoms with Gasteiger partial charge in [-0.15, -0.1) is 0 Å². The van der Waals surface area contributed by atoms with Gasteiger partial charge in [0.2, 0.25) is 5.91 Å². The second-order valence-electron chi connectivity index (χ2n) is 6.23. The highest BCUT2D eigenvalue weighted by atomic mass is 16.1. The molecule has 0 aromatic carbocycles. The predicted molar refractivity (Wildman–Crippen MR) is 79.6 cm³/mol. The van der Waals surface area contributed by atoms with E-state index in [1.807, 2.05) is 0 Å². The highest BCUT2D eigenvalue weighted by Gasteiger charge is 2.02. The topological polar surface area (TPSA) is 29.1 Å². The Morgan fingerprint density at radius 3 is 2.00 bits per heavy atom. The number of carbonyl (C=O) groups is 1. The molecule has 108 valence electrons. The second-order valence-corrected chi connectivity index (χ2v) is 6.23. The van der Waals surface area contributed by atoms with E-state index in [4.69, 9.17) is 0 Å². The Bertz CT molecular complexity index is 199. The molecule has 0 heterocycles. The number of amides is 1. The summed E-state index contributed by atoms with van der Waals surface area (Å²) in [5.41, 5.74) is 0. The predicted octanol–water partition coefficient (Wildman–Crippen LogP) is 4.54. The van der Waals surface area contributed by atoms with Crippen molar-refractivity contribution >= 4 is 5.91 Å². The van der Waals surface area contributed by atoms with Crippen molar-refractivity contribution in [1.29, 1.82) is 0 Å². The van der Waals surface area contributed by atoms with Gasteiger partial charge in [0.25, 0.3) is 0 Å². The van der Waals surface area contributed by atoms with Crippen LogP contribution in [0.5, 0.6) is 0 Å². The van der Waals surface area contributed by atoms with Crippen LogP contribution in [0, 0.1) is 11.8 Å². The molecule has 0 saturated heterocycles. The van der Waals surface area contributed by atoms with Gasteiger partial charge in [-0.3, -0.25) is 4.79 Å². The average molecular weight is 255 g/mol. The number of nitrogens with one attached hydrogen (secondary N) is 1. The van der Waals surface area contributed by atoms with Crippen LogP contribution < -0.4 is 5.32 Å². The highest BCUT2D eigenvalue weighted by molar-refractivity contribution is 5.75. The molecule has 0 aromatic rings. The second kappa shape index (κ2) is 11.6. The molecule has 0 unspecified atom stereocenters. The smallest absolute Gasteiger partial charge is 0.220 e. The Morgan fingerprint density at radius 2 is 1.39 bits per heavy atom. The maximum atomic E-state index is 11.4. The average Bonchev–Trinajstić information content (AvgIpc) is 2.29. The summed E-state index contributed by atoms with van der Waals surface area (Å²) in [6.07, 6.45) is 9.45. The lowest BCUT2D eigenvalue weighted by Crippen LogP contribution is -2.24. The summed E-state index contributed by atoms with van der Waals surface area (Å²) in [5.74, 6) is 1.69. The van der Waals surface area contributed by atoms with Crippen molar-refractivity contribution in [3.63, 3.8) is 0 Å². The first-order valence-electron chi connectivity index (χ1n) is 7.79. The van der Waals surface area contributed by atoms with Gasteiger partial charge in [-0.2, -0.15) is 0 Å². The van der Waals surface area contributed by atoms with Crippen molar-refractivity contribution in [2.75, 3.05) is 6.54 Å². The van der Waals surface area contributed by atoms with Gasteiger partial charge in [-0.05, 0) is 24.7 Å². The molecule has 0 aliphatic rings. The molecule has 18 heavy (non-hydrogen) atoms. The molecule has 0 aliphatic carbocycles. The van der Waals surface area contributed by atoms with Crippen LogP contribution in [0.4, 0.5) is 0 Å². The van der Waals surface area contributed by atoms with Gasteiger partial charge in [0.05, 0.1) is 0 Å². The molecule has 0 bridgehead atoms. The normalized spacial score (nSPS) is 11.2. The molecule has 1 amide bonds. The molecular formula is C16H33NO. The zero-order valence-electron chi connectivity index (χ0n) is 12.9. The third kappa shape index (κ3) is 13.5. The van der Waals surface area contributed by atoms with Crippen molar-refractivity contribution in [3.05, 3.63) is 0 Å². The maximum absolute atomic E-state index is 11.4. The van der Waals surface area contributed by atoms with Crippen LogP contribution in [0.15, 0.2) is 0 Å². The van der Waals surface area contributed by atoms with Crippen molar-refractivity contribution < 1.29 is 4.79 Å². The summed E-state index contributed by atoms with van der Waals surface area (Å²) in [4.78, 5) is 11.4. The SMILES string of the molecule is CC(C)CCCCCCCNC(=O)CCC(C)C. The lowest BCUT2D eigenvalue weighted by atomic mass is 10.0. The molecule has 2 nitrogen and oxygen atoms in total. The first-order chi connectivity index (χ1) is 8.52. The molecule has 0 saturated carbocycles. The summed E-state index contributed by atoms with van der Waals surface area (Å²) in [5, 5.41) is 3.01. The molecule has 0 aromatic heterocycles. The van der Waals surface area contributed by atoms with Gasteiger partial charge >= 0.3 is 0 Å². The molecule has 0 spiro atoms. The largest absolute Gasteiger partial charge is 0.356 e. The summed E-state index contributed by atoms with van der Waals surface area (Å²) < 4.78 is 0. The Labute approximate surface area is 114 Å².